The second-order valence-corrected chi connectivity index (χ2v) is 7.56. The first-order valence-corrected chi connectivity index (χ1v) is 10.1. The summed E-state index contributed by atoms with van der Waals surface area (Å²) in [6.45, 7) is 3.85. The topological polar surface area (TPSA) is 0 Å². The van der Waals surface area contributed by atoms with E-state index in [0.717, 1.165) is 48.5 Å². The molecule has 0 aliphatic rings. The number of benzene rings is 3. The van der Waals surface area contributed by atoms with Crippen LogP contribution in [0.2, 0.25) is 0 Å². The van der Waals surface area contributed by atoms with Crippen molar-refractivity contribution in [3.8, 4) is 11.8 Å². The minimum Gasteiger partial charge on any atom is -0.166 e. The van der Waals surface area contributed by atoms with Gasteiger partial charge in [-0.2, -0.15) is 39.5 Å². The van der Waals surface area contributed by atoms with E-state index in [1.165, 1.54) is 30.3 Å². The van der Waals surface area contributed by atoms with Crippen molar-refractivity contribution in [3.05, 3.63) is 118 Å². The molecule has 0 aliphatic heterocycles. The van der Waals surface area contributed by atoms with Crippen LogP contribution in [-0.2, 0) is 18.5 Å². The van der Waals surface area contributed by atoms with Gasteiger partial charge in [0.05, 0.1) is 16.7 Å². The second-order valence-electron chi connectivity index (χ2n) is 7.56. The van der Waals surface area contributed by atoms with Crippen molar-refractivity contribution >= 4 is 11.6 Å². The molecular weight excluding hydrogens is 495 g/mol. The average Bonchev–Trinajstić information content (AvgIpc) is 2.80. The summed E-state index contributed by atoms with van der Waals surface area (Å²) in [4.78, 5) is 0. The number of alkyl halides is 9. The molecule has 0 nitrogen and oxygen atoms in total. The van der Waals surface area contributed by atoms with Gasteiger partial charge >= 0.3 is 18.5 Å². The average molecular weight is 510 g/mol. The molecule has 0 aliphatic carbocycles. The Morgan fingerprint density at radius 2 is 0.972 bits per heavy atom. The summed E-state index contributed by atoms with van der Waals surface area (Å²) in [5, 5.41) is 0. The van der Waals surface area contributed by atoms with Crippen molar-refractivity contribution in [2.75, 3.05) is 0 Å². The summed E-state index contributed by atoms with van der Waals surface area (Å²) in [6, 6.07) is 12.1. The van der Waals surface area contributed by atoms with Crippen LogP contribution < -0.4 is 0 Å². The molecule has 36 heavy (non-hydrogen) atoms. The van der Waals surface area contributed by atoms with Crippen molar-refractivity contribution in [2.24, 2.45) is 0 Å². The van der Waals surface area contributed by atoms with Crippen molar-refractivity contribution in [3.63, 3.8) is 0 Å². The van der Waals surface area contributed by atoms with Crippen molar-refractivity contribution in [1.29, 1.82) is 0 Å². The molecule has 186 valence electrons. The second kappa shape index (κ2) is 9.97. The molecule has 0 spiro atoms. The zero-order chi connectivity index (χ0) is 26.7. The van der Waals surface area contributed by atoms with E-state index >= 15 is 0 Å². The van der Waals surface area contributed by atoms with Crippen LogP contribution >= 0.6 is 0 Å². The molecule has 0 fully saturated rings. The van der Waals surface area contributed by atoms with E-state index in [-0.39, 0.29) is 22.3 Å². The summed E-state index contributed by atoms with van der Waals surface area (Å²) < 4.78 is 116. The lowest BCUT2D eigenvalue weighted by Gasteiger charge is -2.10. The molecule has 0 amide bonds. The highest BCUT2D eigenvalue weighted by molar-refractivity contribution is 5.88. The SMILES string of the molecule is C=C(/C(C#Cc1ccc(C(F)(F)F)cc1)=C\c1ccc(C(F)(F)F)cc1)c1ccc(C(F)(F)F)cc1. The zero-order valence-electron chi connectivity index (χ0n) is 18.1. The molecule has 0 unspecified atom stereocenters. The van der Waals surface area contributed by atoms with Crippen LogP contribution in [0.4, 0.5) is 39.5 Å². The molecule has 0 N–H and O–H groups in total. The highest BCUT2D eigenvalue weighted by Crippen LogP contribution is 2.33. The van der Waals surface area contributed by atoms with Crippen molar-refractivity contribution in [2.45, 2.75) is 18.5 Å². The first-order chi connectivity index (χ1) is 16.6. The van der Waals surface area contributed by atoms with E-state index in [1.54, 1.807) is 0 Å². The summed E-state index contributed by atoms with van der Waals surface area (Å²) in [7, 11) is 0. The lowest BCUT2D eigenvalue weighted by atomic mass is 9.96. The fourth-order valence-corrected chi connectivity index (χ4v) is 3.03. The van der Waals surface area contributed by atoms with Gasteiger partial charge in [-0.3, -0.25) is 0 Å². The Hall–Kier alpha value is -3.93. The number of rotatable bonds is 3. The first kappa shape index (κ1) is 26.7. The highest BCUT2D eigenvalue weighted by Gasteiger charge is 2.31. The Morgan fingerprint density at radius 3 is 1.39 bits per heavy atom. The van der Waals surface area contributed by atoms with E-state index in [0.29, 0.717) is 5.56 Å². The zero-order valence-corrected chi connectivity index (χ0v) is 18.1. The molecule has 3 aromatic rings. The van der Waals surface area contributed by atoms with Crippen LogP contribution in [0.25, 0.3) is 11.6 Å². The van der Waals surface area contributed by atoms with E-state index in [1.807, 2.05) is 0 Å². The molecule has 0 aromatic heterocycles. The van der Waals surface area contributed by atoms with Crippen molar-refractivity contribution < 1.29 is 39.5 Å². The van der Waals surface area contributed by atoms with Gasteiger partial charge in [-0.15, -0.1) is 0 Å². The van der Waals surface area contributed by atoms with Gasteiger partial charge in [0.15, 0.2) is 0 Å². The van der Waals surface area contributed by atoms with Crippen LogP contribution in [-0.4, -0.2) is 0 Å². The van der Waals surface area contributed by atoms with Crippen molar-refractivity contribution in [1.82, 2.24) is 0 Å². The van der Waals surface area contributed by atoms with Gasteiger partial charge in [-0.05, 0) is 71.3 Å². The third-order valence-electron chi connectivity index (χ3n) is 4.99. The fourth-order valence-electron chi connectivity index (χ4n) is 3.03. The smallest absolute Gasteiger partial charge is 0.166 e. The van der Waals surface area contributed by atoms with Crippen LogP contribution in [0, 0.1) is 11.8 Å². The monoisotopic (exact) mass is 510 g/mol. The van der Waals surface area contributed by atoms with E-state index < -0.39 is 35.2 Å². The van der Waals surface area contributed by atoms with Gasteiger partial charge in [0.2, 0.25) is 0 Å². The first-order valence-electron chi connectivity index (χ1n) is 10.1. The minimum absolute atomic E-state index is 0.148. The summed E-state index contributed by atoms with van der Waals surface area (Å²) in [5.41, 5.74) is -1.54. The molecule has 0 radical (unpaired) electrons. The number of allylic oxidation sites excluding steroid dienone is 2. The quantitative estimate of drug-likeness (QED) is 0.188. The Morgan fingerprint density at radius 1 is 0.583 bits per heavy atom. The molecule has 0 saturated carbocycles. The maximum atomic E-state index is 12.9. The van der Waals surface area contributed by atoms with Gasteiger partial charge in [0.25, 0.3) is 0 Å². The Labute approximate surface area is 200 Å². The third kappa shape index (κ3) is 6.81. The lowest BCUT2D eigenvalue weighted by molar-refractivity contribution is -0.138. The van der Waals surface area contributed by atoms with Gasteiger partial charge in [0.1, 0.15) is 0 Å². The fraction of sp³-hybridized carbons (Fsp3) is 0.111. The number of hydrogen-bond acceptors (Lipinski definition) is 0. The van der Waals surface area contributed by atoms with E-state index in [4.69, 9.17) is 0 Å². The molecule has 0 saturated heterocycles. The van der Waals surface area contributed by atoms with Gasteiger partial charge in [0, 0.05) is 11.1 Å². The minimum atomic E-state index is -4.55. The number of hydrogen-bond donors (Lipinski definition) is 0. The maximum absolute atomic E-state index is 12.9. The highest BCUT2D eigenvalue weighted by atomic mass is 19.4. The van der Waals surface area contributed by atoms with Crippen LogP contribution in [0.1, 0.15) is 33.4 Å². The van der Waals surface area contributed by atoms with E-state index in [2.05, 4.69) is 18.4 Å². The molecule has 0 heterocycles. The molecule has 3 aromatic carbocycles. The number of halogens is 9. The van der Waals surface area contributed by atoms with Crippen LogP contribution in [0.3, 0.4) is 0 Å². The predicted molar refractivity (Wildman–Crippen MR) is 118 cm³/mol. The molecule has 9 heteroatoms. The summed E-state index contributed by atoms with van der Waals surface area (Å²) >= 11 is 0. The van der Waals surface area contributed by atoms with Gasteiger partial charge < -0.3 is 0 Å². The third-order valence-corrected chi connectivity index (χ3v) is 4.99. The maximum Gasteiger partial charge on any atom is 0.416 e. The molecule has 3 rings (SSSR count). The lowest BCUT2D eigenvalue weighted by Crippen LogP contribution is -2.04. The van der Waals surface area contributed by atoms with Crippen LogP contribution in [0.15, 0.2) is 84.9 Å². The van der Waals surface area contributed by atoms with Gasteiger partial charge in [-0.25, -0.2) is 0 Å². The van der Waals surface area contributed by atoms with Gasteiger partial charge in [-0.1, -0.05) is 42.7 Å². The standard InChI is InChI=1S/C27H15F9/c1-17(20-8-14-24(15-9-20)27(34,35)36)21(16-19-5-12-23(13-6-19)26(31,32)33)7-2-18-3-10-22(11-4-18)25(28,29)30/h3-6,8-16H,1H2/b21-16-. The van der Waals surface area contributed by atoms with E-state index in [9.17, 15) is 39.5 Å². The summed E-state index contributed by atoms with van der Waals surface area (Å²) in [5.74, 6) is 5.38. The molecule has 0 atom stereocenters. The Kier molecular flexibility index (Phi) is 7.39. The summed E-state index contributed by atoms with van der Waals surface area (Å²) in [6.07, 6.45) is -12.2. The Bertz CT molecular complexity index is 1310. The normalized spacial score (nSPS) is 12.6. The molecule has 0 bridgehead atoms. The van der Waals surface area contributed by atoms with Crippen LogP contribution in [0.5, 0.6) is 0 Å². The predicted octanol–water partition coefficient (Wildman–Crippen LogP) is 8.89. The molecular formula is C27H15F9. The largest absolute Gasteiger partial charge is 0.416 e. The Balaban J connectivity index is 2.00.